The zero-order valence-corrected chi connectivity index (χ0v) is 17.1. The lowest BCUT2D eigenvalue weighted by atomic mass is 9.96. The van der Waals surface area contributed by atoms with E-state index in [-0.39, 0.29) is 11.9 Å². The number of rotatable bonds is 8. The lowest BCUT2D eigenvalue weighted by Gasteiger charge is -2.22. The molecule has 29 heavy (non-hydrogen) atoms. The molecule has 1 aromatic heterocycles. The van der Waals surface area contributed by atoms with Gasteiger partial charge < -0.3 is 15.5 Å². The van der Waals surface area contributed by atoms with Gasteiger partial charge in [0.1, 0.15) is 0 Å². The van der Waals surface area contributed by atoms with Crippen LogP contribution in [-0.2, 0) is 11.3 Å². The van der Waals surface area contributed by atoms with Gasteiger partial charge in [-0.3, -0.25) is 4.79 Å². The van der Waals surface area contributed by atoms with Gasteiger partial charge in [-0.05, 0) is 31.4 Å². The van der Waals surface area contributed by atoms with Crippen molar-refractivity contribution < 1.29 is 9.59 Å². The Morgan fingerprint density at radius 1 is 1.17 bits per heavy atom. The summed E-state index contributed by atoms with van der Waals surface area (Å²) in [5.41, 5.74) is 1.97. The molecule has 2 aromatic rings. The number of carbonyl (C=O) groups is 2. The molecule has 1 saturated carbocycles. The van der Waals surface area contributed by atoms with Crippen molar-refractivity contribution in [2.24, 2.45) is 0 Å². The lowest BCUT2D eigenvalue weighted by molar-refractivity contribution is -0.130. The van der Waals surface area contributed by atoms with Crippen LogP contribution in [0.25, 0.3) is 5.69 Å². The summed E-state index contributed by atoms with van der Waals surface area (Å²) in [6, 6.07) is 10.1. The first-order valence-corrected chi connectivity index (χ1v) is 10.5. The van der Waals surface area contributed by atoms with Crippen molar-refractivity contribution in [1.29, 1.82) is 0 Å². The van der Waals surface area contributed by atoms with Crippen molar-refractivity contribution >= 4 is 11.9 Å². The lowest BCUT2D eigenvalue weighted by Crippen LogP contribution is -2.43. The molecule has 0 radical (unpaired) electrons. The second-order valence-corrected chi connectivity index (χ2v) is 7.72. The number of nitrogens with one attached hydrogen (secondary N) is 2. The quantitative estimate of drug-likeness (QED) is 0.671. The second-order valence-electron chi connectivity index (χ2n) is 7.72. The highest BCUT2D eigenvalue weighted by Crippen LogP contribution is 2.17. The van der Waals surface area contributed by atoms with E-state index >= 15 is 0 Å². The first-order valence-electron chi connectivity index (χ1n) is 10.5. The average molecular weight is 398 g/mol. The van der Waals surface area contributed by atoms with Gasteiger partial charge in [0, 0.05) is 44.4 Å². The minimum atomic E-state index is -0.119. The van der Waals surface area contributed by atoms with E-state index < -0.39 is 0 Å². The van der Waals surface area contributed by atoms with E-state index in [2.05, 4.69) is 15.7 Å². The molecule has 3 amide bonds. The summed E-state index contributed by atoms with van der Waals surface area (Å²) in [4.78, 5) is 26.0. The SMILES string of the molecule is CN(Cc1cnn(-c2ccccc2)c1)C(=O)CCCNC(=O)NC1CCCCC1. The largest absolute Gasteiger partial charge is 0.341 e. The summed E-state index contributed by atoms with van der Waals surface area (Å²) in [6.07, 6.45) is 10.5. The molecule has 1 aliphatic carbocycles. The maximum Gasteiger partial charge on any atom is 0.315 e. The van der Waals surface area contributed by atoms with Crippen LogP contribution in [0.5, 0.6) is 0 Å². The van der Waals surface area contributed by atoms with Crippen molar-refractivity contribution in [1.82, 2.24) is 25.3 Å². The molecule has 1 heterocycles. The average Bonchev–Trinajstić information content (AvgIpc) is 3.21. The Balaban J connectivity index is 1.34. The van der Waals surface area contributed by atoms with E-state index in [1.54, 1.807) is 18.1 Å². The van der Waals surface area contributed by atoms with Gasteiger partial charge in [0.2, 0.25) is 5.91 Å². The fourth-order valence-electron chi connectivity index (χ4n) is 3.64. The Hall–Kier alpha value is -2.83. The standard InChI is InChI=1S/C22H31N5O2/c1-26(16-18-15-24-27(17-18)20-11-6-3-7-12-20)21(28)13-8-14-23-22(29)25-19-9-4-2-5-10-19/h3,6-7,11-12,15,17,19H,2,4-5,8-10,13-14,16H2,1H3,(H2,23,25,29). The number of hydrogen-bond donors (Lipinski definition) is 2. The number of amides is 3. The molecule has 1 aliphatic rings. The fourth-order valence-corrected chi connectivity index (χ4v) is 3.64. The Morgan fingerprint density at radius 2 is 1.93 bits per heavy atom. The van der Waals surface area contributed by atoms with Crippen molar-refractivity contribution in [2.45, 2.75) is 57.5 Å². The van der Waals surface area contributed by atoms with E-state index in [4.69, 9.17) is 0 Å². The summed E-state index contributed by atoms with van der Waals surface area (Å²) in [5.74, 6) is 0.0620. The van der Waals surface area contributed by atoms with Crippen molar-refractivity contribution in [3.8, 4) is 5.69 Å². The molecule has 0 unspecified atom stereocenters. The van der Waals surface area contributed by atoms with Crippen LogP contribution in [0, 0.1) is 0 Å². The van der Waals surface area contributed by atoms with Crippen LogP contribution < -0.4 is 10.6 Å². The highest BCUT2D eigenvalue weighted by atomic mass is 16.2. The third-order valence-electron chi connectivity index (χ3n) is 5.30. The third kappa shape index (κ3) is 6.62. The Bertz CT molecular complexity index is 784. The van der Waals surface area contributed by atoms with Crippen molar-refractivity contribution in [2.75, 3.05) is 13.6 Å². The maximum absolute atomic E-state index is 12.4. The van der Waals surface area contributed by atoms with Gasteiger partial charge in [-0.2, -0.15) is 5.10 Å². The molecule has 1 aromatic carbocycles. The molecule has 0 saturated heterocycles. The molecule has 0 bridgehead atoms. The molecular formula is C22H31N5O2. The Labute approximate surface area is 172 Å². The van der Waals surface area contributed by atoms with Gasteiger partial charge in [-0.15, -0.1) is 0 Å². The van der Waals surface area contributed by atoms with Crippen LogP contribution in [-0.4, -0.2) is 46.3 Å². The zero-order chi connectivity index (χ0) is 20.5. The molecule has 0 aliphatic heterocycles. The minimum absolute atomic E-state index is 0.0620. The Morgan fingerprint density at radius 3 is 2.69 bits per heavy atom. The predicted molar refractivity (Wildman–Crippen MR) is 113 cm³/mol. The highest BCUT2D eigenvalue weighted by molar-refractivity contribution is 5.76. The summed E-state index contributed by atoms with van der Waals surface area (Å²) in [6.45, 7) is 1.02. The van der Waals surface area contributed by atoms with E-state index in [1.807, 2.05) is 41.2 Å². The van der Waals surface area contributed by atoms with Gasteiger partial charge in [-0.1, -0.05) is 37.5 Å². The summed E-state index contributed by atoms with van der Waals surface area (Å²) < 4.78 is 1.81. The van der Waals surface area contributed by atoms with Crippen LogP contribution in [0.3, 0.4) is 0 Å². The number of carbonyl (C=O) groups excluding carboxylic acids is 2. The number of benzene rings is 1. The monoisotopic (exact) mass is 397 g/mol. The van der Waals surface area contributed by atoms with Crippen molar-refractivity contribution in [3.63, 3.8) is 0 Å². The minimum Gasteiger partial charge on any atom is -0.341 e. The number of hydrogen-bond acceptors (Lipinski definition) is 3. The number of urea groups is 1. The number of aromatic nitrogens is 2. The first-order chi connectivity index (χ1) is 14.1. The van der Waals surface area contributed by atoms with Gasteiger partial charge in [0.05, 0.1) is 11.9 Å². The smallest absolute Gasteiger partial charge is 0.315 e. The van der Waals surface area contributed by atoms with Crippen LogP contribution in [0.15, 0.2) is 42.7 Å². The normalized spacial score (nSPS) is 14.4. The van der Waals surface area contributed by atoms with Crippen LogP contribution in [0.1, 0.15) is 50.5 Å². The van der Waals surface area contributed by atoms with E-state index in [0.29, 0.717) is 32.0 Å². The van der Waals surface area contributed by atoms with Crippen LogP contribution >= 0.6 is 0 Å². The molecule has 0 atom stereocenters. The van der Waals surface area contributed by atoms with Gasteiger partial charge in [0.15, 0.2) is 0 Å². The van der Waals surface area contributed by atoms with Crippen LogP contribution in [0.2, 0.25) is 0 Å². The molecule has 3 rings (SSSR count). The fraction of sp³-hybridized carbons (Fsp3) is 0.500. The third-order valence-corrected chi connectivity index (χ3v) is 5.30. The second kappa shape index (κ2) is 10.6. The molecule has 7 heteroatoms. The summed E-state index contributed by atoms with van der Waals surface area (Å²) >= 11 is 0. The number of para-hydroxylation sites is 1. The summed E-state index contributed by atoms with van der Waals surface area (Å²) in [7, 11) is 1.80. The van der Waals surface area contributed by atoms with Gasteiger partial charge >= 0.3 is 6.03 Å². The van der Waals surface area contributed by atoms with Gasteiger partial charge in [-0.25, -0.2) is 9.48 Å². The van der Waals surface area contributed by atoms with E-state index in [9.17, 15) is 9.59 Å². The van der Waals surface area contributed by atoms with E-state index in [0.717, 1.165) is 24.1 Å². The first kappa shape index (κ1) is 20.9. The summed E-state index contributed by atoms with van der Waals surface area (Å²) in [5, 5.41) is 10.3. The number of nitrogens with zero attached hydrogens (tertiary/aromatic N) is 3. The topological polar surface area (TPSA) is 79.3 Å². The van der Waals surface area contributed by atoms with E-state index in [1.165, 1.54) is 19.3 Å². The highest BCUT2D eigenvalue weighted by Gasteiger charge is 2.15. The predicted octanol–water partition coefficient (Wildman–Crippen LogP) is 3.24. The Kier molecular flexibility index (Phi) is 7.67. The molecule has 0 spiro atoms. The van der Waals surface area contributed by atoms with Crippen LogP contribution in [0.4, 0.5) is 4.79 Å². The van der Waals surface area contributed by atoms with Gasteiger partial charge in [0.25, 0.3) is 0 Å². The maximum atomic E-state index is 12.4. The molecule has 156 valence electrons. The molecular weight excluding hydrogens is 366 g/mol. The van der Waals surface area contributed by atoms with Crippen molar-refractivity contribution in [3.05, 3.63) is 48.3 Å². The molecule has 1 fully saturated rings. The zero-order valence-electron chi connectivity index (χ0n) is 17.1. The molecule has 2 N–H and O–H groups in total. The molecule has 7 nitrogen and oxygen atoms in total.